The zero-order valence-corrected chi connectivity index (χ0v) is 16.7. The van der Waals surface area contributed by atoms with E-state index in [1.807, 2.05) is 0 Å². The number of nitrogens with zero attached hydrogens (tertiary/aromatic N) is 3. The van der Waals surface area contributed by atoms with E-state index in [1.165, 1.54) is 12.1 Å². The molecule has 29 heavy (non-hydrogen) atoms. The van der Waals surface area contributed by atoms with Gasteiger partial charge in [0.25, 0.3) is 0 Å². The van der Waals surface area contributed by atoms with Crippen LogP contribution in [0.2, 0.25) is 5.02 Å². The summed E-state index contributed by atoms with van der Waals surface area (Å²) in [6.07, 6.45) is -3.74. The molecule has 0 fully saturated rings. The molecule has 2 aromatic heterocycles. The number of alkyl halides is 3. The van der Waals surface area contributed by atoms with E-state index in [1.54, 1.807) is 26.0 Å². The van der Waals surface area contributed by atoms with Crippen LogP contribution in [0.15, 0.2) is 41.7 Å². The molecule has 2 unspecified atom stereocenters. The molecule has 0 radical (unpaired) electrons. The van der Waals surface area contributed by atoms with Gasteiger partial charge in [0.15, 0.2) is 10.8 Å². The molecule has 0 aliphatic carbocycles. The van der Waals surface area contributed by atoms with Crippen molar-refractivity contribution in [3.05, 3.63) is 58.5 Å². The molecule has 5 nitrogen and oxygen atoms in total. The van der Waals surface area contributed by atoms with Crippen molar-refractivity contribution < 1.29 is 22.4 Å². The summed E-state index contributed by atoms with van der Waals surface area (Å²) in [6.45, 7) is 3.33. The Kier molecular flexibility index (Phi) is 6.04. The maximum atomic E-state index is 13.0. The molecule has 154 valence electrons. The van der Waals surface area contributed by atoms with Crippen LogP contribution in [0, 0.1) is 5.82 Å². The summed E-state index contributed by atoms with van der Waals surface area (Å²) in [5, 5.41) is 9.65. The molecule has 0 saturated carbocycles. The number of rotatable bonds is 5. The lowest BCUT2D eigenvalue weighted by molar-refractivity contribution is -0.137. The van der Waals surface area contributed by atoms with Crippen molar-refractivity contribution in [3.8, 4) is 0 Å². The summed E-state index contributed by atoms with van der Waals surface area (Å²) in [7, 11) is 0. The summed E-state index contributed by atoms with van der Waals surface area (Å²) in [6, 6.07) is 6.10. The van der Waals surface area contributed by atoms with Crippen molar-refractivity contribution in [2.75, 3.05) is 0 Å². The number of aromatic nitrogens is 3. The quantitative estimate of drug-likeness (QED) is 0.447. The van der Waals surface area contributed by atoms with Gasteiger partial charge in [-0.25, -0.2) is 4.39 Å². The van der Waals surface area contributed by atoms with Gasteiger partial charge in [-0.05, 0) is 37.6 Å². The van der Waals surface area contributed by atoms with Gasteiger partial charge in [-0.1, -0.05) is 35.5 Å². The summed E-state index contributed by atoms with van der Waals surface area (Å²) in [4.78, 5) is 12.5. The smallest absolute Gasteiger partial charge is 0.349 e. The number of thioether (sulfide) groups is 1. The Hall–Kier alpha value is -2.33. The van der Waals surface area contributed by atoms with Gasteiger partial charge >= 0.3 is 6.18 Å². The summed E-state index contributed by atoms with van der Waals surface area (Å²) in [5.74, 6) is -0.742. The molecule has 0 spiro atoms. The zero-order chi connectivity index (χ0) is 21.3. The average molecular weight is 447 g/mol. The van der Waals surface area contributed by atoms with Crippen molar-refractivity contribution in [1.82, 2.24) is 19.9 Å². The largest absolute Gasteiger partial charge is 0.417 e. The van der Waals surface area contributed by atoms with Gasteiger partial charge in [0, 0.05) is 6.20 Å². The highest BCUT2D eigenvalue weighted by atomic mass is 35.5. The highest BCUT2D eigenvalue weighted by Gasteiger charge is 2.32. The molecule has 0 aliphatic heterocycles. The average Bonchev–Trinajstić information content (AvgIpc) is 3.05. The second-order valence-electron chi connectivity index (χ2n) is 6.29. The SMILES string of the molecule is CC(Sc1nnc2c(Cl)cc(C(F)(F)F)cn12)C(=O)NC(C)c1ccc(F)cc1. The lowest BCUT2D eigenvalue weighted by Gasteiger charge is -2.17. The minimum atomic E-state index is -4.59. The first-order valence-electron chi connectivity index (χ1n) is 8.40. The number of benzene rings is 1. The minimum absolute atomic E-state index is 0.0643. The van der Waals surface area contributed by atoms with Crippen LogP contribution in [0.1, 0.15) is 31.0 Å². The highest BCUT2D eigenvalue weighted by molar-refractivity contribution is 8.00. The number of carbonyl (C=O) groups is 1. The van der Waals surface area contributed by atoms with Gasteiger partial charge in [-0.15, -0.1) is 10.2 Å². The molecule has 1 N–H and O–H groups in total. The fourth-order valence-electron chi connectivity index (χ4n) is 2.55. The summed E-state index contributed by atoms with van der Waals surface area (Å²) < 4.78 is 53.3. The maximum Gasteiger partial charge on any atom is 0.417 e. The monoisotopic (exact) mass is 446 g/mol. The number of hydrogen-bond acceptors (Lipinski definition) is 4. The van der Waals surface area contributed by atoms with E-state index in [4.69, 9.17) is 11.6 Å². The third-order valence-electron chi connectivity index (χ3n) is 4.14. The van der Waals surface area contributed by atoms with Crippen LogP contribution < -0.4 is 5.32 Å². The Balaban J connectivity index is 1.76. The summed E-state index contributed by atoms with van der Waals surface area (Å²) >= 11 is 6.84. The van der Waals surface area contributed by atoms with E-state index in [-0.39, 0.29) is 33.6 Å². The maximum absolute atomic E-state index is 13.0. The molecule has 2 atom stereocenters. The third kappa shape index (κ3) is 4.81. The zero-order valence-electron chi connectivity index (χ0n) is 15.2. The number of hydrogen-bond donors (Lipinski definition) is 1. The molecule has 2 heterocycles. The van der Waals surface area contributed by atoms with E-state index >= 15 is 0 Å². The van der Waals surface area contributed by atoms with Crippen molar-refractivity contribution >= 4 is 34.9 Å². The molecule has 11 heteroatoms. The molecule has 1 aromatic carbocycles. The predicted octanol–water partition coefficient (Wildman–Crippen LogP) is 4.90. The first kappa shape index (κ1) is 21.4. The second-order valence-corrected chi connectivity index (χ2v) is 8.01. The number of pyridine rings is 1. The molecular weight excluding hydrogens is 432 g/mol. The van der Waals surface area contributed by atoms with Crippen molar-refractivity contribution in [1.29, 1.82) is 0 Å². The number of halogens is 5. The Labute approximate surface area is 172 Å². The van der Waals surface area contributed by atoms with E-state index in [9.17, 15) is 22.4 Å². The Morgan fingerprint density at radius 3 is 2.48 bits per heavy atom. The first-order chi connectivity index (χ1) is 13.6. The molecule has 3 aromatic rings. The number of carbonyl (C=O) groups excluding carboxylic acids is 1. The molecule has 0 aliphatic rings. The van der Waals surface area contributed by atoms with Crippen LogP contribution >= 0.6 is 23.4 Å². The lowest BCUT2D eigenvalue weighted by atomic mass is 10.1. The van der Waals surface area contributed by atoms with Crippen LogP contribution in [0.4, 0.5) is 17.6 Å². The fourth-order valence-corrected chi connectivity index (χ4v) is 3.62. The van der Waals surface area contributed by atoms with E-state index in [0.717, 1.165) is 28.4 Å². The van der Waals surface area contributed by atoms with Crippen LogP contribution in [-0.2, 0) is 11.0 Å². The second kappa shape index (κ2) is 8.19. The molecule has 1 amide bonds. The van der Waals surface area contributed by atoms with Crippen LogP contribution in [0.25, 0.3) is 5.65 Å². The first-order valence-corrected chi connectivity index (χ1v) is 9.66. The van der Waals surface area contributed by atoms with Gasteiger partial charge in [0.2, 0.25) is 5.91 Å². The standard InChI is InChI=1S/C18H15ClF4N4OS/c1-9(11-3-5-13(20)6-4-11)24-16(28)10(2)29-17-26-25-15-14(19)7-12(8-27(15)17)18(21,22)23/h3-10H,1-2H3,(H,24,28). The highest BCUT2D eigenvalue weighted by Crippen LogP contribution is 2.34. The van der Waals surface area contributed by atoms with Crippen LogP contribution in [-0.4, -0.2) is 25.8 Å². The van der Waals surface area contributed by atoms with Gasteiger partial charge in [-0.2, -0.15) is 13.2 Å². The van der Waals surface area contributed by atoms with Gasteiger partial charge < -0.3 is 5.32 Å². The number of amides is 1. The Bertz CT molecular complexity index is 1040. The minimum Gasteiger partial charge on any atom is -0.349 e. The number of fused-ring (bicyclic) bond motifs is 1. The molecule has 3 rings (SSSR count). The molecular formula is C18H15ClF4N4OS. The van der Waals surface area contributed by atoms with E-state index < -0.39 is 17.0 Å². The molecule has 0 saturated heterocycles. The van der Waals surface area contributed by atoms with E-state index in [2.05, 4.69) is 15.5 Å². The van der Waals surface area contributed by atoms with Crippen molar-refractivity contribution in [3.63, 3.8) is 0 Å². The van der Waals surface area contributed by atoms with Crippen LogP contribution in [0.3, 0.4) is 0 Å². The van der Waals surface area contributed by atoms with Crippen LogP contribution in [0.5, 0.6) is 0 Å². The van der Waals surface area contributed by atoms with E-state index in [0.29, 0.717) is 5.56 Å². The topological polar surface area (TPSA) is 59.3 Å². The Morgan fingerprint density at radius 2 is 1.86 bits per heavy atom. The predicted molar refractivity (Wildman–Crippen MR) is 101 cm³/mol. The Morgan fingerprint density at radius 1 is 1.21 bits per heavy atom. The van der Waals surface area contributed by atoms with Gasteiger partial charge in [-0.3, -0.25) is 9.20 Å². The normalized spacial score (nSPS) is 14.0. The molecule has 0 bridgehead atoms. The van der Waals surface area contributed by atoms with Crippen molar-refractivity contribution in [2.24, 2.45) is 0 Å². The van der Waals surface area contributed by atoms with Gasteiger partial charge in [0.1, 0.15) is 5.82 Å². The summed E-state index contributed by atoms with van der Waals surface area (Å²) in [5.41, 5.74) is -0.167. The van der Waals surface area contributed by atoms with Crippen molar-refractivity contribution in [2.45, 2.75) is 36.5 Å². The van der Waals surface area contributed by atoms with Gasteiger partial charge in [0.05, 0.1) is 21.9 Å². The fraction of sp³-hybridized carbons (Fsp3) is 0.278. The third-order valence-corrected chi connectivity index (χ3v) is 5.47. The lowest BCUT2D eigenvalue weighted by Crippen LogP contribution is -2.33. The number of nitrogens with one attached hydrogen (secondary N) is 1.